The number of nitrogens with two attached hydrogens (primary N) is 1. The predicted octanol–water partition coefficient (Wildman–Crippen LogP) is 4.85. The van der Waals surface area contributed by atoms with E-state index in [2.05, 4.69) is 26.6 Å². The van der Waals surface area contributed by atoms with Gasteiger partial charge in [0.2, 0.25) is 5.91 Å². The second-order valence-corrected chi connectivity index (χ2v) is 7.23. The van der Waals surface area contributed by atoms with Gasteiger partial charge in [0.25, 0.3) is 0 Å². The first-order valence-electron chi connectivity index (χ1n) is 8.78. The molecule has 3 amide bonds. The summed E-state index contributed by atoms with van der Waals surface area (Å²) in [7, 11) is 0. The van der Waals surface area contributed by atoms with Crippen molar-refractivity contribution in [2.75, 3.05) is 5.32 Å². The summed E-state index contributed by atoms with van der Waals surface area (Å²) in [6.45, 7) is 0. The van der Waals surface area contributed by atoms with Crippen LogP contribution in [0.1, 0.15) is 18.0 Å². The summed E-state index contributed by atoms with van der Waals surface area (Å²) in [4.78, 5) is 23.9. The Bertz CT molecular complexity index is 959. The van der Waals surface area contributed by atoms with E-state index in [0.29, 0.717) is 5.69 Å². The number of amides is 3. The lowest BCUT2D eigenvalue weighted by Crippen LogP contribution is -2.35. The predicted molar refractivity (Wildman–Crippen MR) is 115 cm³/mol. The van der Waals surface area contributed by atoms with Gasteiger partial charge in [-0.25, -0.2) is 4.79 Å². The molecule has 3 aromatic carbocycles. The average Bonchev–Trinajstić information content (AvgIpc) is 2.68. The molecule has 1 atom stereocenters. The highest BCUT2D eigenvalue weighted by Gasteiger charge is 2.18. The molecule has 3 aromatic rings. The van der Waals surface area contributed by atoms with Gasteiger partial charge in [-0.05, 0) is 41.0 Å². The number of primary amides is 1. The highest BCUT2D eigenvalue weighted by atomic mass is 79.9. The number of rotatable bonds is 6. The van der Waals surface area contributed by atoms with Gasteiger partial charge in [-0.3, -0.25) is 4.79 Å². The van der Waals surface area contributed by atoms with E-state index in [-0.39, 0.29) is 12.3 Å². The lowest BCUT2D eigenvalue weighted by Gasteiger charge is -2.18. The normalized spacial score (nSPS) is 11.5. The van der Waals surface area contributed by atoms with Crippen LogP contribution in [-0.4, -0.2) is 11.9 Å². The zero-order valence-corrected chi connectivity index (χ0v) is 16.6. The quantitative estimate of drug-likeness (QED) is 0.514. The monoisotopic (exact) mass is 437 g/mol. The Labute approximate surface area is 172 Å². The zero-order valence-electron chi connectivity index (χ0n) is 15.1. The lowest BCUT2D eigenvalue weighted by molar-refractivity contribution is -0.116. The van der Waals surface area contributed by atoms with Crippen molar-refractivity contribution < 1.29 is 9.59 Å². The average molecular weight is 438 g/mol. The van der Waals surface area contributed by atoms with Crippen LogP contribution >= 0.6 is 15.9 Å². The topological polar surface area (TPSA) is 84.2 Å². The molecule has 0 aromatic heterocycles. The zero-order chi connectivity index (χ0) is 19.9. The Morgan fingerprint density at radius 2 is 1.57 bits per heavy atom. The molecule has 0 saturated heterocycles. The molecule has 0 radical (unpaired) electrons. The third-order valence-corrected chi connectivity index (χ3v) is 4.73. The Morgan fingerprint density at radius 1 is 0.893 bits per heavy atom. The van der Waals surface area contributed by atoms with Gasteiger partial charge in [0.05, 0.1) is 12.5 Å². The van der Waals surface area contributed by atoms with E-state index in [1.807, 2.05) is 78.9 Å². The second-order valence-electron chi connectivity index (χ2n) is 6.31. The van der Waals surface area contributed by atoms with Crippen molar-refractivity contribution in [2.24, 2.45) is 5.73 Å². The third kappa shape index (κ3) is 5.44. The van der Waals surface area contributed by atoms with Gasteiger partial charge in [-0.2, -0.15) is 0 Å². The van der Waals surface area contributed by atoms with E-state index in [1.165, 1.54) is 0 Å². The fourth-order valence-corrected chi connectivity index (χ4v) is 3.34. The highest BCUT2D eigenvalue weighted by Crippen LogP contribution is 2.23. The van der Waals surface area contributed by atoms with Crippen molar-refractivity contribution in [3.63, 3.8) is 0 Å². The minimum atomic E-state index is -0.676. The molecule has 5 nitrogen and oxygen atoms in total. The molecule has 0 spiro atoms. The minimum absolute atomic E-state index is 0.0693. The van der Waals surface area contributed by atoms with Crippen LogP contribution in [0, 0.1) is 0 Å². The van der Waals surface area contributed by atoms with Crippen LogP contribution in [0.5, 0.6) is 0 Å². The molecule has 4 N–H and O–H groups in total. The number of halogens is 1. The molecular weight excluding hydrogens is 418 g/mol. The summed E-state index contributed by atoms with van der Waals surface area (Å²) in [5, 5.41) is 5.49. The minimum Gasteiger partial charge on any atom is -0.352 e. The van der Waals surface area contributed by atoms with Crippen LogP contribution in [-0.2, 0) is 4.79 Å². The molecule has 0 aliphatic heterocycles. The maximum absolute atomic E-state index is 12.5. The number of nitrogens with one attached hydrogen (secondary N) is 2. The number of carbonyl (C=O) groups excluding carboxylic acids is 2. The molecular formula is C22H20BrN3O2. The first-order chi connectivity index (χ1) is 13.5. The first kappa shape index (κ1) is 19.6. The molecule has 6 heteroatoms. The first-order valence-corrected chi connectivity index (χ1v) is 9.57. The Balaban J connectivity index is 1.68. The van der Waals surface area contributed by atoms with Gasteiger partial charge in [-0.15, -0.1) is 0 Å². The second kappa shape index (κ2) is 9.19. The van der Waals surface area contributed by atoms with Gasteiger partial charge in [0.1, 0.15) is 0 Å². The van der Waals surface area contributed by atoms with Crippen molar-refractivity contribution in [1.82, 2.24) is 5.32 Å². The molecule has 0 aliphatic carbocycles. The molecule has 0 heterocycles. The van der Waals surface area contributed by atoms with E-state index in [9.17, 15) is 9.59 Å². The largest absolute Gasteiger partial charge is 0.352 e. The number of anilines is 1. The fraction of sp³-hybridized carbons (Fsp3) is 0.0909. The van der Waals surface area contributed by atoms with Crippen molar-refractivity contribution in [2.45, 2.75) is 12.5 Å². The maximum atomic E-state index is 12.5. The van der Waals surface area contributed by atoms with Crippen LogP contribution in [0.3, 0.4) is 0 Å². The van der Waals surface area contributed by atoms with Crippen molar-refractivity contribution in [3.05, 3.63) is 88.9 Å². The Hall–Kier alpha value is -3.12. The summed E-state index contributed by atoms with van der Waals surface area (Å²) in [6.07, 6.45) is 0.0693. The van der Waals surface area contributed by atoms with Crippen LogP contribution in [0.15, 0.2) is 83.3 Å². The molecule has 1 unspecified atom stereocenters. The third-order valence-electron chi connectivity index (χ3n) is 4.23. The molecule has 0 fully saturated rings. The van der Waals surface area contributed by atoms with Crippen molar-refractivity contribution >= 4 is 33.6 Å². The van der Waals surface area contributed by atoms with E-state index in [4.69, 9.17) is 5.73 Å². The standard InChI is InChI=1S/C22H20BrN3O2/c23-18-8-4-7-17(13-18)20(26-22(24)28)14-21(27)25-19-11-9-16(10-12-19)15-5-2-1-3-6-15/h1-13,20H,14H2,(H,25,27)(H3,24,26,28). The number of carbonyl (C=O) groups is 2. The van der Waals surface area contributed by atoms with Crippen LogP contribution < -0.4 is 16.4 Å². The highest BCUT2D eigenvalue weighted by molar-refractivity contribution is 9.10. The molecule has 3 rings (SSSR count). The Kier molecular flexibility index (Phi) is 6.45. The van der Waals surface area contributed by atoms with Gasteiger partial charge < -0.3 is 16.4 Å². The summed E-state index contributed by atoms with van der Waals surface area (Å²) < 4.78 is 0.859. The van der Waals surface area contributed by atoms with Gasteiger partial charge in [0.15, 0.2) is 0 Å². The number of hydrogen-bond acceptors (Lipinski definition) is 2. The summed E-state index contributed by atoms with van der Waals surface area (Å²) in [5.74, 6) is -0.216. The summed E-state index contributed by atoms with van der Waals surface area (Å²) in [5.41, 5.74) is 8.94. The molecule has 28 heavy (non-hydrogen) atoms. The fourth-order valence-electron chi connectivity index (χ4n) is 2.92. The van der Waals surface area contributed by atoms with E-state index >= 15 is 0 Å². The van der Waals surface area contributed by atoms with Gasteiger partial charge in [0, 0.05) is 10.2 Å². The smallest absolute Gasteiger partial charge is 0.312 e. The van der Waals surface area contributed by atoms with Crippen LogP contribution in [0.2, 0.25) is 0 Å². The number of urea groups is 1. The summed E-state index contributed by atoms with van der Waals surface area (Å²) >= 11 is 3.40. The van der Waals surface area contributed by atoms with E-state index in [1.54, 1.807) is 0 Å². The van der Waals surface area contributed by atoms with Gasteiger partial charge >= 0.3 is 6.03 Å². The van der Waals surface area contributed by atoms with Crippen LogP contribution in [0.25, 0.3) is 11.1 Å². The molecule has 142 valence electrons. The maximum Gasteiger partial charge on any atom is 0.312 e. The van der Waals surface area contributed by atoms with Gasteiger partial charge in [-0.1, -0.05) is 70.5 Å². The van der Waals surface area contributed by atoms with Crippen molar-refractivity contribution in [1.29, 1.82) is 0 Å². The Morgan fingerprint density at radius 3 is 2.21 bits per heavy atom. The van der Waals surface area contributed by atoms with E-state index in [0.717, 1.165) is 21.2 Å². The molecule has 0 saturated carbocycles. The van der Waals surface area contributed by atoms with Crippen LogP contribution in [0.4, 0.5) is 10.5 Å². The number of benzene rings is 3. The SMILES string of the molecule is NC(=O)NC(CC(=O)Nc1ccc(-c2ccccc2)cc1)c1cccc(Br)c1. The molecule has 0 aliphatic rings. The molecule has 0 bridgehead atoms. The van der Waals surface area contributed by atoms with E-state index < -0.39 is 12.1 Å². The lowest BCUT2D eigenvalue weighted by atomic mass is 10.0. The summed E-state index contributed by atoms with van der Waals surface area (Å²) in [6, 6.07) is 23.9. The van der Waals surface area contributed by atoms with Crippen molar-refractivity contribution in [3.8, 4) is 11.1 Å². The number of hydrogen-bond donors (Lipinski definition) is 3.